The van der Waals surface area contributed by atoms with Crippen LogP contribution in [0.5, 0.6) is 0 Å². The van der Waals surface area contributed by atoms with Crippen molar-refractivity contribution in [2.75, 3.05) is 0 Å². The van der Waals surface area contributed by atoms with Crippen LogP contribution < -0.4 is 5.32 Å². The number of carbonyl (C=O) groups excluding carboxylic acids is 2. The number of pyridine rings is 1. The number of hydrogen-bond acceptors (Lipinski definition) is 3. The second-order valence-corrected chi connectivity index (χ2v) is 6.13. The van der Waals surface area contributed by atoms with Crippen molar-refractivity contribution in [2.45, 2.75) is 45.3 Å². The normalized spacial score (nSPS) is 26.6. The van der Waals surface area contributed by atoms with Crippen molar-refractivity contribution in [1.29, 1.82) is 0 Å². The molecule has 2 amide bonds. The van der Waals surface area contributed by atoms with Gasteiger partial charge in [-0.1, -0.05) is 6.92 Å². The van der Waals surface area contributed by atoms with Gasteiger partial charge in [0.2, 0.25) is 11.8 Å². The number of amides is 2. The van der Waals surface area contributed by atoms with Gasteiger partial charge in [0.15, 0.2) is 0 Å². The molecule has 1 saturated heterocycles. The van der Waals surface area contributed by atoms with Gasteiger partial charge in [-0.15, -0.1) is 0 Å². The standard InChI is InChI=1S/C14H18BrN3O2/c1-4-14(3)13(20)17-9(2)12(19)18(14)8-11-6-5-10(15)7-16-11/h5-7,9H,4,8H2,1-3H3,(H,17,20). The van der Waals surface area contributed by atoms with Crippen molar-refractivity contribution >= 4 is 27.7 Å². The molecule has 2 unspecified atom stereocenters. The van der Waals surface area contributed by atoms with Gasteiger partial charge in [-0.25, -0.2) is 0 Å². The van der Waals surface area contributed by atoms with Crippen molar-refractivity contribution in [3.63, 3.8) is 0 Å². The predicted molar refractivity (Wildman–Crippen MR) is 78.8 cm³/mol. The molecule has 2 rings (SSSR count). The van der Waals surface area contributed by atoms with Gasteiger partial charge >= 0.3 is 0 Å². The van der Waals surface area contributed by atoms with E-state index in [-0.39, 0.29) is 11.8 Å². The summed E-state index contributed by atoms with van der Waals surface area (Å²) in [6.07, 6.45) is 2.25. The van der Waals surface area contributed by atoms with E-state index in [1.165, 1.54) is 0 Å². The lowest BCUT2D eigenvalue weighted by Crippen LogP contribution is -2.68. The summed E-state index contributed by atoms with van der Waals surface area (Å²) in [7, 11) is 0. The van der Waals surface area contributed by atoms with Crippen LogP contribution in [0.15, 0.2) is 22.8 Å². The maximum absolute atomic E-state index is 12.4. The Kier molecular flexibility index (Phi) is 4.13. The van der Waals surface area contributed by atoms with Crippen LogP contribution in [0, 0.1) is 0 Å². The summed E-state index contributed by atoms with van der Waals surface area (Å²) in [6, 6.07) is 3.24. The monoisotopic (exact) mass is 339 g/mol. The Hall–Kier alpha value is -1.43. The third-order valence-corrected chi connectivity index (χ3v) is 4.34. The van der Waals surface area contributed by atoms with E-state index in [1.54, 1.807) is 24.9 Å². The third kappa shape index (κ3) is 2.57. The number of rotatable bonds is 3. The first-order valence-electron chi connectivity index (χ1n) is 6.61. The second-order valence-electron chi connectivity index (χ2n) is 5.21. The molecular weight excluding hydrogens is 322 g/mol. The fourth-order valence-electron chi connectivity index (χ4n) is 2.28. The minimum Gasteiger partial charge on any atom is -0.343 e. The summed E-state index contributed by atoms with van der Waals surface area (Å²) >= 11 is 3.33. The fourth-order valence-corrected chi connectivity index (χ4v) is 2.51. The molecule has 1 aromatic heterocycles. The Morgan fingerprint density at radius 1 is 1.45 bits per heavy atom. The molecule has 20 heavy (non-hydrogen) atoms. The van der Waals surface area contributed by atoms with E-state index >= 15 is 0 Å². The largest absolute Gasteiger partial charge is 0.343 e. The molecule has 2 heterocycles. The van der Waals surface area contributed by atoms with Crippen molar-refractivity contribution in [3.05, 3.63) is 28.5 Å². The minimum atomic E-state index is -0.821. The van der Waals surface area contributed by atoms with Crippen LogP contribution in [0.2, 0.25) is 0 Å². The summed E-state index contributed by atoms with van der Waals surface area (Å²) in [5, 5.41) is 2.74. The van der Waals surface area contributed by atoms with Gasteiger partial charge in [-0.3, -0.25) is 14.6 Å². The summed E-state index contributed by atoms with van der Waals surface area (Å²) < 4.78 is 0.885. The summed E-state index contributed by atoms with van der Waals surface area (Å²) in [4.78, 5) is 30.5. The number of nitrogens with one attached hydrogen (secondary N) is 1. The highest BCUT2D eigenvalue weighted by Crippen LogP contribution is 2.26. The van der Waals surface area contributed by atoms with Gasteiger partial charge < -0.3 is 10.2 Å². The molecule has 0 radical (unpaired) electrons. The zero-order valence-electron chi connectivity index (χ0n) is 11.8. The first kappa shape index (κ1) is 15.0. The van der Waals surface area contributed by atoms with E-state index in [2.05, 4.69) is 26.2 Å². The van der Waals surface area contributed by atoms with Crippen molar-refractivity contribution in [3.8, 4) is 0 Å². The topological polar surface area (TPSA) is 62.3 Å². The van der Waals surface area contributed by atoms with E-state index in [4.69, 9.17) is 0 Å². The molecular formula is C14H18BrN3O2. The second kappa shape index (κ2) is 5.52. The van der Waals surface area contributed by atoms with Crippen LogP contribution in [-0.2, 0) is 16.1 Å². The van der Waals surface area contributed by atoms with Gasteiger partial charge in [0.05, 0.1) is 12.2 Å². The molecule has 0 aliphatic carbocycles. The lowest BCUT2D eigenvalue weighted by atomic mass is 9.90. The number of aromatic nitrogens is 1. The molecule has 1 aliphatic heterocycles. The number of piperazine rings is 1. The van der Waals surface area contributed by atoms with Crippen molar-refractivity contribution < 1.29 is 9.59 Å². The molecule has 6 heteroatoms. The number of nitrogens with zero attached hydrogens (tertiary/aromatic N) is 2. The van der Waals surface area contributed by atoms with E-state index in [0.717, 1.165) is 10.2 Å². The number of carbonyl (C=O) groups is 2. The SMILES string of the molecule is CCC1(C)C(=O)NC(C)C(=O)N1Cc1ccc(Br)cn1. The minimum absolute atomic E-state index is 0.0707. The summed E-state index contributed by atoms with van der Waals surface area (Å²) in [5.74, 6) is -0.178. The molecule has 1 aliphatic rings. The third-order valence-electron chi connectivity index (χ3n) is 3.87. The van der Waals surface area contributed by atoms with Gasteiger partial charge in [-0.2, -0.15) is 0 Å². The lowest BCUT2D eigenvalue weighted by molar-refractivity contribution is -0.157. The van der Waals surface area contributed by atoms with Gasteiger partial charge in [-0.05, 0) is 48.3 Å². The van der Waals surface area contributed by atoms with Crippen LogP contribution in [0.1, 0.15) is 32.9 Å². The molecule has 2 atom stereocenters. The highest BCUT2D eigenvalue weighted by Gasteiger charge is 2.46. The highest BCUT2D eigenvalue weighted by atomic mass is 79.9. The van der Waals surface area contributed by atoms with Crippen LogP contribution in [0.25, 0.3) is 0 Å². The lowest BCUT2D eigenvalue weighted by Gasteiger charge is -2.45. The molecule has 1 fully saturated rings. The van der Waals surface area contributed by atoms with Crippen molar-refractivity contribution in [2.24, 2.45) is 0 Å². The first-order valence-corrected chi connectivity index (χ1v) is 7.40. The number of halogens is 1. The molecule has 0 aromatic carbocycles. The van der Waals surface area contributed by atoms with Gasteiger partial charge in [0, 0.05) is 10.7 Å². The Balaban J connectivity index is 2.31. The average Bonchev–Trinajstić information content (AvgIpc) is 2.43. The Morgan fingerprint density at radius 2 is 2.15 bits per heavy atom. The maximum atomic E-state index is 12.4. The van der Waals surface area contributed by atoms with Crippen LogP contribution in [-0.4, -0.2) is 33.3 Å². The first-order chi connectivity index (χ1) is 9.38. The molecule has 0 spiro atoms. The molecule has 1 aromatic rings. The highest BCUT2D eigenvalue weighted by molar-refractivity contribution is 9.10. The Bertz CT molecular complexity index is 532. The van der Waals surface area contributed by atoms with E-state index < -0.39 is 11.6 Å². The van der Waals surface area contributed by atoms with E-state index in [1.807, 2.05) is 19.1 Å². The molecule has 108 valence electrons. The molecule has 0 bridgehead atoms. The van der Waals surface area contributed by atoms with E-state index in [0.29, 0.717) is 13.0 Å². The predicted octanol–water partition coefficient (Wildman–Crippen LogP) is 1.86. The van der Waals surface area contributed by atoms with Gasteiger partial charge in [0.25, 0.3) is 0 Å². The zero-order chi connectivity index (χ0) is 14.9. The van der Waals surface area contributed by atoms with Crippen molar-refractivity contribution in [1.82, 2.24) is 15.2 Å². The zero-order valence-corrected chi connectivity index (χ0v) is 13.4. The fraction of sp³-hybridized carbons (Fsp3) is 0.500. The summed E-state index contributed by atoms with van der Waals surface area (Å²) in [6.45, 7) is 5.75. The van der Waals surface area contributed by atoms with E-state index in [9.17, 15) is 9.59 Å². The Morgan fingerprint density at radius 3 is 2.70 bits per heavy atom. The summed E-state index contributed by atoms with van der Waals surface area (Å²) in [5.41, 5.74) is -0.0543. The van der Waals surface area contributed by atoms with Crippen LogP contribution in [0.3, 0.4) is 0 Å². The quantitative estimate of drug-likeness (QED) is 0.914. The Labute approximate surface area is 126 Å². The average molecular weight is 340 g/mol. The van der Waals surface area contributed by atoms with Gasteiger partial charge in [0.1, 0.15) is 11.6 Å². The molecule has 1 N–H and O–H groups in total. The van der Waals surface area contributed by atoms with Crippen LogP contribution in [0.4, 0.5) is 0 Å². The number of hydrogen-bond donors (Lipinski definition) is 1. The smallest absolute Gasteiger partial charge is 0.246 e. The van der Waals surface area contributed by atoms with Crippen LogP contribution >= 0.6 is 15.9 Å². The molecule has 0 saturated carbocycles. The molecule has 5 nitrogen and oxygen atoms in total. The maximum Gasteiger partial charge on any atom is 0.246 e.